The lowest BCUT2D eigenvalue weighted by molar-refractivity contribution is 0.413. The van der Waals surface area contributed by atoms with Crippen molar-refractivity contribution in [1.82, 2.24) is 4.98 Å². The van der Waals surface area contributed by atoms with Gasteiger partial charge >= 0.3 is 0 Å². The summed E-state index contributed by atoms with van der Waals surface area (Å²) in [6.45, 7) is 1.88. The van der Waals surface area contributed by atoms with Crippen LogP contribution in [-0.4, -0.2) is 12.1 Å². The molecule has 0 unspecified atom stereocenters. The fourth-order valence-corrected chi connectivity index (χ4v) is 1.72. The highest BCUT2D eigenvalue weighted by Gasteiger charge is 2.14. The van der Waals surface area contributed by atoms with Gasteiger partial charge in [0.1, 0.15) is 17.4 Å². The summed E-state index contributed by atoms with van der Waals surface area (Å²) in [5, 5.41) is 0. The number of nitrogens with two attached hydrogens (primary N) is 1. The van der Waals surface area contributed by atoms with Gasteiger partial charge in [-0.2, -0.15) is 0 Å². The Labute approximate surface area is 99.1 Å². The van der Waals surface area contributed by atoms with Gasteiger partial charge < -0.3 is 10.5 Å². The fourth-order valence-electron chi connectivity index (χ4n) is 1.72. The van der Waals surface area contributed by atoms with Crippen molar-refractivity contribution in [3.63, 3.8) is 0 Å². The summed E-state index contributed by atoms with van der Waals surface area (Å²) in [6.07, 6.45) is 1.64. The molecule has 1 aromatic carbocycles. The molecule has 2 N–H and O–H groups in total. The number of methoxy groups -OCH3 is 1. The standard InChI is InChI=1S/C13H13FN2O/c1-8-6-9(13(15)16-7-8)12-10(14)4-3-5-11(12)17-2/h3-7H,1-2H3,(H2,15,16). The molecule has 1 heterocycles. The monoisotopic (exact) mass is 232 g/mol. The Kier molecular flexibility index (Phi) is 2.95. The Hall–Kier alpha value is -2.10. The highest BCUT2D eigenvalue weighted by Crippen LogP contribution is 2.35. The molecule has 1 aromatic heterocycles. The van der Waals surface area contributed by atoms with E-state index in [1.807, 2.05) is 6.92 Å². The number of hydrogen-bond acceptors (Lipinski definition) is 3. The maximum atomic E-state index is 13.9. The number of aromatic nitrogens is 1. The van der Waals surface area contributed by atoms with Crippen LogP contribution in [0.15, 0.2) is 30.5 Å². The van der Waals surface area contributed by atoms with Crippen LogP contribution in [0.5, 0.6) is 5.75 Å². The van der Waals surface area contributed by atoms with Gasteiger partial charge in [0.2, 0.25) is 0 Å². The Bertz CT molecular complexity index is 555. The predicted octanol–water partition coefficient (Wildman–Crippen LogP) is 2.79. The van der Waals surface area contributed by atoms with Crippen molar-refractivity contribution in [2.75, 3.05) is 12.8 Å². The van der Waals surface area contributed by atoms with E-state index in [1.54, 1.807) is 24.4 Å². The Balaban J connectivity index is 2.71. The fraction of sp³-hybridized carbons (Fsp3) is 0.154. The lowest BCUT2D eigenvalue weighted by Gasteiger charge is -2.11. The second-order valence-electron chi connectivity index (χ2n) is 3.76. The third kappa shape index (κ3) is 2.06. The summed E-state index contributed by atoms with van der Waals surface area (Å²) in [7, 11) is 1.50. The average molecular weight is 232 g/mol. The normalized spacial score (nSPS) is 10.3. The Morgan fingerprint density at radius 3 is 2.82 bits per heavy atom. The Morgan fingerprint density at radius 2 is 2.12 bits per heavy atom. The largest absolute Gasteiger partial charge is 0.496 e. The van der Waals surface area contributed by atoms with E-state index in [0.717, 1.165) is 5.56 Å². The van der Waals surface area contributed by atoms with Crippen molar-refractivity contribution < 1.29 is 9.13 Å². The zero-order valence-corrected chi connectivity index (χ0v) is 9.70. The highest BCUT2D eigenvalue weighted by molar-refractivity contribution is 5.79. The van der Waals surface area contributed by atoms with E-state index in [-0.39, 0.29) is 5.82 Å². The second kappa shape index (κ2) is 4.41. The van der Waals surface area contributed by atoms with Crippen molar-refractivity contribution >= 4 is 5.82 Å². The molecule has 0 fully saturated rings. The van der Waals surface area contributed by atoms with Crippen molar-refractivity contribution in [3.05, 3.63) is 41.8 Å². The van der Waals surface area contributed by atoms with E-state index in [2.05, 4.69) is 4.98 Å². The lowest BCUT2D eigenvalue weighted by atomic mass is 10.0. The molecular weight excluding hydrogens is 219 g/mol. The van der Waals surface area contributed by atoms with Gasteiger partial charge in [-0.15, -0.1) is 0 Å². The molecule has 0 aliphatic carbocycles. The number of nitrogens with zero attached hydrogens (tertiary/aromatic N) is 1. The number of aryl methyl sites for hydroxylation is 1. The SMILES string of the molecule is COc1cccc(F)c1-c1cc(C)cnc1N. The molecule has 0 atom stereocenters. The first-order valence-corrected chi connectivity index (χ1v) is 5.18. The number of halogens is 1. The van der Waals surface area contributed by atoms with E-state index in [1.165, 1.54) is 13.2 Å². The van der Waals surface area contributed by atoms with Gasteiger partial charge in [-0.05, 0) is 30.7 Å². The molecule has 0 spiro atoms. The molecule has 88 valence electrons. The van der Waals surface area contributed by atoms with Crippen LogP contribution < -0.4 is 10.5 Å². The van der Waals surface area contributed by atoms with Crippen LogP contribution in [0.3, 0.4) is 0 Å². The summed E-state index contributed by atoms with van der Waals surface area (Å²) < 4.78 is 19.0. The van der Waals surface area contributed by atoms with Crippen LogP contribution in [0.25, 0.3) is 11.1 Å². The first kappa shape index (κ1) is 11.4. The molecule has 0 saturated heterocycles. The molecular formula is C13H13FN2O. The lowest BCUT2D eigenvalue weighted by Crippen LogP contribution is -1.98. The van der Waals surface area contributed by atoms with Gasteiger partial charge in [-0.25, -0.2) is 9.37 Å². The van der Waals surface area contributed by atoms with Crippen LogP contribution >= 0.6 is 0 Å². The first-order valence-electron chi connectivity index (χ1n) is 5.18. The first-order chi connectivity index (χ1) is 8.13. The molecule has 0 aliphatic rings. The van der Waals surface area contributed by atoms with E-state index in [4.69, 9.17) is 10.5 Å². The molecule has 2 aromatic rings. The van der Waals surface area contributed by atoms with Gasteiger partial charge in [0.15, 0.2) is 0 Å². The summed E-state index contributed by atoms with van der Waals surface area (Å²) in [5.41, 5.74) is 7.60. The summed E-state index contributed by atoms with van der Waals surface area (Å²) in [5.74, 6) is 0.367. The van der Waals surface area contributed by atoms with E-state index >= 15 is 0 Å². The maximum Gasteiger partial charge on any atom is 0.134 e. The van der Waals surface area contributed by atoms with Crippen LogP contribution in [0, 0.1) is 12.7 Å². The minimum atomic E-state index is -0.372. The minimum Gasteiger partial charge on any atom is -0.496 e. The van der Waals surface area contributed by atoms with Gasteiger partial charge in [0.25, 0.3) is 0 Å². The number of hydrogen-bond donors (Lipinski definition) is 1. The van der Waals surface area contributed by atoms with Crippen LogP contribution in [0.2, 0.25) is 0 Å². The summed E-state index contributed by atoms with van der Waals surface area (Å²) in [4.78, 5) is 4.03. The molecule has 4 heteroatoms. The predicted molar refractivity (Wildman–Crippen MR) is 65.3 cm³/mol. The number of rotatable bonds is 2. The maximum absolute atomic E-state index is 13.9. The van der Waals surface area contributed by atoms with Crippen molar-refractivity contribution in [2.45, 2.75) is 6.92 Å². The third-order valence-corrected chi connectivity index (χ3v) is 2.52. The summed E-state index contributed by atoms with van der Waals surface area (Å²) in [6, 6.07) is 6.46. The molecule has 2 rings (SSSR count). The second-order valence-corrected chi connectivity index (χ2v) is 3.76. The minimum absolute atomic E-state index is 0.291. The van der Waals surface area contributed by atoms with Gasteiger partial charge in [-0.3, -0.25) is 0 Å². The van der Waals surface area contributed by atoms with Crippen molar-refractivity contribution in [1.29, 1.82) is 0 Å². The summed E-state index contributed by atoms with van der Waals surface area (Å²) >= 11 is 0. The highest BCUT2D eigenvalue weighted by atomic mass is 19.1. The topological polar surface area (TPSA) is 48.1 Å². The quantitative estimate of drug-likeness (QED) is 0.866. The van der Waals surface area contributed by atoms with E-state index < -0.39 is 0 Å². The zero-order valence-electron chi connectivity index (χ0n) is 9.70. The van der Waals surface area contributed by atoms with Crippen molar-refractivity contribution in [3.8, 4) is 16.9 Å². The van der Waals surface area contributed by atoms with Crippen molar-refractivity contribution in [2.24, 2.45) is 0 Å². The number of benzene rings is 1. The average Bonchev–Trinajstić information content (AvgIpc) is 2.32. The van der Waals surface area contributed by atoms with Gasteiger partial charge in [-0.1, -0.05) is 6.07 Å². The number of ether oxygens (including phenoxy) is 1. The van der Waals surface area contributed by atoms with Crippen LogP contribution in [0.1, 0.15) is 5.56 Å². The molecule has 3 nitrogen and oxygen atoms in total. The smallest absolute Gasteiger partial charge is 0.134 e. The molecule has 0 saturated carbocycles. The molecule has 0 amide bonds. The van der Waals surface area contributed by atoms with Gasteiger partial charge in [0.05, 0.1) is 12.7 Å². The van der Waals surface area contributed by atoms with Crippen LogP contribution in [0.4, 0.5) is 10.2 Å². The molecule has 0 radical (unpaired) electrons. The number of anilines is 1. The molecule has 17 heavy (non-hydrogen) atoms. The molecule has 0 aliphatic heterocycles. The van der Waals surface area contributed by atoms with Crippen LogP contribution in [-0.2, 0) is 0 Å². The molecule has 0 bridgehead atoms. The Morgan fingerprint density at radius 1 is 1.35 bits per heavy atom. The third-order valence-electron chi connectivity index (χ3n) is 2.52. The zero-order chi connectivity index (χ0) is 12.4. The van der Waals surface area contributed by atoms with E-state index in [9.17, 15) is 4.39 Å². The number of pyridine rings is 1. The van der Waals surface area contributed by atoms with Gasteiger partial charge in [0, 0.05) is 11.8 Å². The number of nitrogen functional groups attached to an aromatic ring is 1. The van der Waals surface area contributed by atoms with E-state index in [0.29, 0.717) is 22.7 Å².